The van der Waals surface area contributed by atoms with Gasteiger partial charge in [-0.15, -0.1) is 0 Å². The first-order chi connectivity index (χ1) is 6.50. The third-order valence-corrected chi connectivity index (χ3v) is 4.28. The molecule has 2 aromatic rings. The molecule has 0 aliphatic carbocycles. The van der Waals surface area contributed by atoms with E-state index in [4.69, 9.17) is 0 Å². The Morgan fingerprint density at radius 2 is 1.80 bits per heavy atom. The Balaban J connectivity index is 0.00000112. The van der Waals surface area contributed by atoms with Crippen molar-refractivity contribution in [3.8, 4) is 0 Å². The van der Waals surface area contributed by atoms with Gasteiger partial charge in [0, 0.05) is 20.9 Å². The Morgan fingerprint density at radius 3 is 2.33 bits per heavy atom. The van der Waals surface area contributed by atoms with Crippen molar-refractivity contribution < 1.29 is 34.4 Å². The number of hydrogen-bond acceptors (Lipinski definition) is 1. The summed E-state index contributed by atoms with van der Waals surface area (Å²) in [7, 11) is -0.471. The average Bonchev–Trinajstić information content (AvgIpc) is 2.44. The first-order valence-electron chi connectivity index (χ1n) is 4.75. The second-order valence-corrected chi connectivity index (χ2v) is 7.69. The predicted molar refractivity (Wildman–Crippen MR) is 60.0 cm³/mol. The maximum atomic E-state index is 12.0. The van der Waals surface area contributed by atoms with Crippen LogP contribution in [0.25, 0.3) is 10.9 Å². The van der Waals surface area contributed by atoms with E-state index in [9.17, 15) is 4.80 Å². The van der Waals surface area contributed by atoms with Gasteiger partial charge >= 0.3 is 29.6 Å². The van der Waals surface area contributed by atoms with Crippen LogP contribution in [0.3, 0.4) is 0 Å². The minimum atomic E-state index is -2.45. The van der Waals surface area contributed by atoms with Crippen molar-refractivity contribution in [3.63, 3.8) is 0 Å². The number of benzene rings is 1. The quantitative estimate of drug-likeness (QED) is 0.516. The summed E-state index contributed by atoms with van der Waals surface area (Å²) in [5, 5.41) is 2.14. The number of hydrogen-bond donors (Lipinski definition) is 0. The number of fused-ring (bicyclic) bond motifs is 1. The molecule has 0 aliphatic rings. The van der Waals surface area contributed by atoms with Gasteiger partial charge in [-0.05, 0) is 22.8 Å². The minimum absolute atomic E-state index is 0. The molecule has 0 N–H and O–H groups in total. The van der Waals surface area contributed by atoms with Gasteiger partial charge in [-0.25, -0.2) is 0 Å². The second-order valence-electron chi connectivity index (χ2n) is 4.16. The third-order valence-electron chi connectivity index (χ3n) is 2.57. The number of nitrogens with zero attached hydrogens (tertiary/aromatic N) is 1. The van der Waals surface area contributed by atoms with Gasteiger partial charge in [0.25, 0.3) is 0 Å². The van der Waals surface area contributed by atoms with Gasteiger partial charge < -0.3 is 9.36 Å². The maximum Gasteiger partial charge on any atom is 1.00 e. The van der Waals surface area contributed by atoms with Crippen LogP contribution in [0, 0.1) is 0 Å². The van der Waals surface area contributed by atoms with E-state index in [2.05, 4.69) is 12.1 Å². The van der Waals surface area contributed by atoms with Crippen molar-refractivity contribution in [2.75, 3.05) is 0 Å². The molecule has 1 aromatic heterocycles. The van der Waals surface area contributed by atoms with Gasteiger partial charge in [0.1, 0.15) is 0 Å². The Bertz CT molecular complexity index is 473. The molecule has 0 bridgehead atoms. The largest absolute Gasteiger partial charge is 1.00 e. The van der Waals surface area contributed by atoms with Gasteiger partial charge in [0.05, 0.1) is 0 Å². The van der Waals surface area contributed by atoms with E-state index in [1.54, 1.807) is 0 Å². The van der Waals surface area contributed by atoms with Crippen LogP contribution >= 0.6 is 0 Å². The second kappa shape index (κ2) is 4.43. The molecule has 0 spiro atoms. The van der Waals surface area contributed by atoms with Gasteiger partial charge in [-0.1, -0.05) is 31.3 Å². The summed E-state index contributed by atoms with van der Waals surface area (Å²) in [5.74, 6) is 0. The molecule has 0 aliphatic heterocycles. The van der Waals surface area contributed by atoms with Crippen LogP contribution in [0.1, 0.15) is 0 Å². The van der Waals surface area contributed by atoms with Crippen molar-refractivity contribution in [2.24, 2.45) is 7.05 Å². The number of rotatable bonds is 1. The van der Waals surface area contributed by atoms with Crippen molar-refractivity contribution >= 4 is 24.5 Å². The van der Waals surface area contributed by atoms with Gasteiger partial charge in [-0.3, -0.25) is 0 Å². The van der Waals surface area contributed by atoms with Crippen molar-refractivity contribution in [3.05, 3.63) is 30.3 Å². The Morgan fingerprint density at radius 1 is 1.20 bits per heavy atom. The average molecular weight is 227 g/mol. The molecule has 0 amide bonds. The third kappa shape index (κ3) is 2.37. The van der Waals surface area contributed by atoms with Crippen LogP contribution in [-0.4, -0.2) is 12.9 Å². The molecule has 2 nitrogen and oxygen atoms in total. The number of aromatic nitrogens is 1. The maximum absolute atomic E-state index is 12.0. The molecular weight excluding hydrogens is 213 g/mol. The summed E-state index contributed by atoms with van der Waals surface area (Å²) in [6.45, 7) is 3.67. The Labute approximate surface area is 113 Å². The Kier molecular flexibility index (Phi) is 3.84. The fourth-order valence-corrected chi connectivity index (χ4v) is 3.30. The van der Waals surface area contributed by atoms with Crippen LogP contribution in [0.15, 0.2) is 30.3 Å². The molecule has 1 aromatic carbocycles. The van der Waals surface area contributed by atoms with Crippen LogP contribution in [-0.2, 0) is 7.05 Å². The molecule has 0 fully saturated rings. The molecule has 74 valence electrons. The zero-order valence-electron chi connectivity index (χ0n) is 9.74. The van der Waals surface area contributed by atoms with Crippen LogP contribution in [0.4, 0.5) is 0 Å². The topological polar surface area (TPSA) is 28.0 Å². The first kappa shape index (κ1) is 13.0. The zero-order chi connectivity index (χ0) is 10.3. The molecule has 0 atom stereocenters. The van der Waals surface area contributed by atoms with Gasteiger partial charge in [0.2, 0.25) is 0 Å². The molecule has 0 saturated carbocycles. The summed E-state index contributed by atoms with van der Waals surface area (Å²) in [6, 6.07) is 10.2. The van der Waals surface area contributed by atoms with E-state index in [1.165, 1.54) is 5.39 Å². The van der Waals surface area contributed by atoms with E-state index >= 15 is 0 Å². The SMILES string of the molecule is Cn1c([Si](C)(C)[O-])cc2ccccc21.[Na+]. The first-order valence-corrected chi connectivity index (χ1v) is 7.66. The molecule has 0 saturated heterocycles. The number of aryl methyl sites for hydroxylation is 1. The molecular formula is C11H14NNaOSi. The summed E-state index contributed by atoms with van der Waals surface area (Å²) in [5.41, 5.74) is 1.15. The van der Waals surface area contributed by atoms with E-state index in [0.717, 1.165) is 10.8 Å². The minimum Gasteiger partial charge on any atom is -0.854 e. The summed E-state index contributed by atoms with van der Waals surface area (Å²) >= 11 is 0. The molecule has 0 radical (unpaired) electrons. The standard InChI is InChI=1S/C11H14NOSi.Na/c1-12-10-7-5-4-6-9(10)8-11(12)14(2,3)13;/h4-8H,1-3H3;/q-1;+1. The smallest absolute Gasteiger partial charge is 0.854 e. The van der Waals surface area contributed by atoms with E-state index in [0.29, 0.717) is 0 Å². The summed E-state index contributed by atoms with van der Waals surface area (Å²) < 4.78 is 2.04. The van der Waals surface area contributed by atoms with Crippen molar-refractivity contribution in [1.82, 2.24) is 4.57 Å². The van der Waals surface area contributed by atoms with E-state index in [1.807, 2.05) is 42.9 Å². The van der Waals surface area contributed by atoms with E-state index < -0.39 is 8.32 Å². The fraction of sp³-hybridized carbons (Fsp3) is 0.273. The molecule has 0 unspecified atom stereocenters. The monoisotopic (exact) mass is 227 g/mol. The summed E-state index contributed by atoms with van der Waals surface area (Å²) in [4.78, 5) is 12.0. The zero-order valence-corrected chi connectivity index (χ0v) is 12.7. The van der Waals surface area contributed by atoms with Crippen molar-refractivity contribution in [2.45, 2.75) is 13.1 Å². The Hall–Kier alpha value is -0.0631. The van der Waals surface area contributed by atoms with Crippen LogP contribution < -0.4 is 39.7 Å². The van der Waals surface area contributed by atoms with E-state index in [-0.39, 0.29) is 29.6 Å². The molecule has 4 heteroatoms. The van der Waals surface area contributed by atoms with Gasteiger partial charge in [-0.2, -0.15) is 0 Å². The van der Waals surface area contributed by atoms with Gasteiger partial charge in [0.15, 0.2) is 0 Å². The normalized spacial score (nSPS) is 11.5. The van der Waals surface area contributed by atoms with Crippen molar-refractivity contribution in [1.29, 1.82) is 0 Å². The molecule has 15 heavy (non-hydrogen) atoms. The molecule has 1 heterocycles. The fourth-order valence-electron chi connectivity index (χ4n) is 1.87. The van der Waals surface area contributed by atoms with Crippen LogP contribution in [0.5, 0.6) is 0 Å². The molecule has 2 rings (SSSR count). The predicted octanol–water partition coefficient (Wildman–Crippen LogP) is -2.05. The number of para-hydroxylation sites is 1. The van der Waals surface area contributed by atoms with Crippen LogP contribution in [0.2, 0.25) is 13.1 Å². The summed E-state index contributed by atoms with van der Waals surface area (Å²) in [6.07, 6.45) is 0.